The lowest BCUT2D eigenvalue weighted by atomic mass is 9.60. The molecule has 0 nitrogen and oxygen atoms in total. The summed E-state index contributed by atoms with van der Waals surface area (Å²) in [5.41, 5.74) is -1.37. The van der Waals surface area contributed by atoms with Crippen LogP contribution in [0, 0.1) is 46.8 Å². The third kappa shape index (κ3) is 0.935. The van der Waals surface area contributed by atoms with Crippen LogP contribution in [0.15, 0.2) is 0 Å². The number of rotatable bonds is 1. The first-order chi connectivity index (χ1) is 8.43. The molecule has 4 fully saturated rings. The average molecular weight is 258 g/mol. The van der Waals surface area contributed by atoms with Gasteiger partial charge in [0.25, 0.3) is 5.92 Å². The van der Waals surface area contributed by atoms with Crippen LogP contribution in [0.3, 0.4) is 0 Å². The number of alkyl halides is 3. The molecule has 0 aromatic rings. The van der Waals surface area contributed by atoms with Crippen LogP contribution in [0.5, 0.6) is 0 Å². The number of halogens is 3. The summed E-state index contributed by atoms with van der Waals surface area (Å²) in [7, 11) is 0. The quantitative estimate of drug-likeness (QED) is 0.620. The van der Waals surface area contributed by atoms with Crippen molar-refractivity contribution in [3.8, 4) is 0 Å². The molecular weight excluding hydrogens is 237 g/mol. The number of hydrogen-bond donors (Lipinski definition) is 0. The van der Waals surface area contributed by atoms with E-state index in [0.29, 0.717) is 30.1 Å². The first kappa shape index (κ1) is 11.6. The van der Waals surface area contributed by atoms with Crippen LogP contribution in [0.4, 0.5) is 13.2 Å². The van der Waals surface area contributed by atoms with E-state index in [-0.39, 0.29) is 11.8 Å². The van der Waals surface area contributed by atoms with E-state index in [9.17, 15) is 13.2 Å². The Morgan fingerprint density at radius 2 is 1.61 bits per heavy atom. The molecule has 0 amide bonds. The van der Waals surface area contributed by atoms with Crippen molar-refractivity contribution in [3.63, 3.8) is 0 Å². The van der Waals surface area contributed by atoms with Crippen molar-refractivity contribution in [2.75, 3.05) is 6.67 Å². The van der Waals surface area contributed by atoms with E-state index in [4.69, 9.17) is 0 Å². The minimum absolute atomic E-state index is 0.0646. The second kappa shape index (κ2) is 3.09. The van der Waals surface area contributed by atoms with Crippen molar-refractivity contribution in [2.24, 2.45) is 46.8 Å². The van der Waals surface area contributed by atoms with Gasteiger partial charge in [-0.05, 0) is 54.8 Å². The van der Waals surface area contributed by atoms with Crippen LogP contribution in [0.1, 0.15) is 33.1 Å². The summed E-state index contributed by atoms with van der Waals surface area (Å²) in [6.45, 7) is 2.89. The molecular formula is C15H21F3. The Morgan fingerprint density at radius 3 is 2.17 bits per heavy atom. The fourth-order valence-corrected chi connectivity index (χ4v) is 6.54. The van der Waals surface area contributed by atoms with Crippen molar-refractivity contribution < 1.29 is 13.2 Å². The fourth-order valence-electron chi connectivity index (χ4n) is 6.54. The van der Waals surface area contributed by atoms with Crippen LogP contribution in [0.2, 0.25) is 0 Å². The molecule has 4 saturated carbocycles. The number of hydrogen-bond acceptors (Lipinski definition) is 0. The van der Waals surface area contributed by atoms with Gasteiger partial charge < -0.3 is 0 Å². The fraction of sp³-hybridized carbons (Fsp3) is 1.00. The van der Waals surface area contributed by atoms with E-state index in [1.165, 1.54) is 13.3 Å². The van der Waals surface area contributed by atoms with E-state index in [2.05, 4.69) is 6.92 Å². The summed E-state index contributed by atoms with van der Waals surface area (Å²) in [4.78, 5) is 0. The normalized spacial score (nSPS) is 63.5. The van der Waals surface area contributed by atoms with Crippen LogP contribution >= 0.6 is 0 Å². The van der Waals surface area contributed by atoms with Crippen LogP contribution in [-0.2, 0) is 0 Å². The van der Waals surface area contributed by atoms with Gasteiger partial charge in [0.1, 0.15) is 6.67 Å². The molecule has 4 bridgehead atoms. The van der Waals surface area contributed by atoms with Crippen molar-refractivity contribution in [1.29, 1.82) is 0 Å². The Hall–Kier alpha value is -0.210. The van der Waals surface area contributed by atoms with Gasteiger partial charge in [0, 0.05) is 5.92 Å². The lowest BCUT2D eigenvalue weighted by Gasteiger charge is -2.48. The molecule has 0 aliphatic heterocycles. The molecule has 4 aliphatic carbocycles. The molecule has 4 aliphatic rings. The summed E-state index contributed by atoms with van der Waals surface area (Å²) in [5, 5.41) is 0. The van der Waals surface area contributed by atoms with E-state index in [1.807, 2.05) is 0 Å². The highest BCUT2D eigenvalue weighted by atomic mass is 19.3. The summed E-state index contributed by atoms with van der Waals surface area (Å²) in [6, 6.07) is 0. The molecule has 0 spiro atoms. The molecule has 18 heavy (non-hydrogen) atoms. The maximum atomic E-state index is 14.5. The second-order valence-corrected chi connectivity index (χ2v) is 7.54. The molecule has 0 N–H and O–H groups in total. The molecule has 8 unspecified atom stereocenters. The molecule has 0 radical (unpaired) electrons. The van der Waals surface area contributed by atoms with Crippen molar-refractivity contribution in [3.05, 3.63) is 0 Å². The van der Waals surface area contributed by atoms with Gasteiger partial charge in [-0.15, -0.1) is 0 Å². The summed E-state index contributed by atoms with van der Waals surface area (Å²) in [6.07, 6.45) is 2.92. The van der Waals surface area contributed by atoms with Gasteiger partial charge in [-0.1, -0.05) is 13.8 Å². The molecule has 102 valence electrons. The largest absolute Gasteiger partial charge is 0.259 e. The van der Waals surface area contributed by atoms with E-state index in [0.717, 1.165) is 6.42 Å². The Kier molecular flexibility index (Phi) is 1.99. The Balaban J connectivity index is 1.79. The van der Waals surface area contributed by atoms with Crippen LogP contribution in [-0.4, -0.2) is 12.6 Å². The Labute approximate surface area is 106 Å². The minimum Gasteiger partial charge on any atom is -0.250 e. The van der Waals surface area contributed by atoms with Crippen molar-refractivity contribution in [2.45, 2.75) is 39.0 Å². The highest BCUT2D eigenvalue weighted by molar-refractivity contribution is 5.21. The topological polar surface area (TPSA) is 0 Å². The molecule has 8 atom stereocenters. The Bertz CT molecular complexity index is 391. The zero-order chi connectivity index (χ0) is 12.9. The van der Waals surface area contributed by atoms with E-state index < -0.39 is 23.9 Å². The third-order valence-corrected chi connectivity index (χ3v) is 7.38. The highest BCUT2D eigenvalue weighted by Gasteiger charge is 2.78. The SMILES string of the molecule is CC1C2CCC1C1C2C2CC1C(C)(CF)C2(F)F. The lowest BCUT2D eigenvalue weighted by molar-refractivity contribution is -0.193. The van der Waals surface area contributed by atoms with Crippen molar-refractivity contribution in [1.82, 2.24) is 0 Å². The first-order valence-electron chi connectivity index (χ1n) is 7.37. The smallest absolute Gasteiger partial charge is 0.250 e. The van der Waals surface area contributed by atoms with Gasteiger partial charge in [0.15, 0.2) is 0 Å². The van der Waals surface area contributed by atoms with Gasteiger partial charge >= 0.3 is 0 Å². The summed E-state index contributed by atoms with van der Waals surface area (Å²) in [5.74, 6) is -1.04. The van der Waals surface area contributed by atoms with Crippen molar-refractivity contribution >= 4 is 0 Å². The molecule has 3 heteroatoms. The molecule has 0 saturated heterocycles. The maximum absolute atomic E-state index is 14.5. The van der Waals surface area contributed by atoms with Crippen LogP contribution < -0.4 is 0 Å². The number of fused-ring (bicyclic) bond motifs is 9. The predicted octanol–water partition coefficient (Wildman–Crippen LogP) is 4.16. The van der Waals surface area contributed by atoms with E-state index >= 15 is 0 Å². The predicted molar refractivity (Wildman–Crippen MR) is 63.0 cm³/mol. The highest BCUT2D eigenvalue weighted by Crippen LogP contribution is 2.77. The third-order valence-electron chi connectivity index (χ3n) is 7.38. The first-order valence-corrected chi connectivity index (χ1v) is 7.37. The molecule has 0 heterocycles. The average Bonchev–Trinajstić information content (AvgIpc) is 3.00. The van der Waals surface area contributed by atoms with E-state index in [1.54, 1.807) is 0 Å². The van der Waals surface area contributed by atoms with Gasteiger partial charge in [0.2, 0.25) is 0 Å². The molecule has 4 rings (SSSR count). The standard InChI is InChI=1S/C15H21F3/c1-7-8-3-4-9(7)13-11-5-10(12(8)13)14(2,6-16)15(11,17)18/h7-13H,3-6H2,1-2H3. The summed E-state index contributed by atoms with van der Waals surface area (Å²) < 4.78 is 42.4. The van der Waals surface area contributed by atoms with Gasteiger partial charge in [0.05, 0.1) is 5.41 Å². The monoisotopic (exact) mass is 258 g/mol. The summed E-state index contributed by atoms with van der Waals surface area (Å²) >= 11 is 0. The Morgan fingerprint density at radius 1 is 1.06 bits per heavy atom. The lowest BCUT2D eigenvalue weighted by Crippen LogP contribution is -2.53. The zero-order valence-electron chi connectivity index (χ0n) is 11.0. The second-order valence-electron chi connectivity index (χ2n) is 7.54. The minimum atomic E-state index is -2.78. The molecule has 0 aromatic heterocycles. The van der Waals surface area contributed by atoms with Gasteiger partial charge in [-0.3, -0.25) is 4.39 Å². The van der Waals surface area contributed by atoms with Crippen LogP contribution in [0.25, 0.3) is 0 Å². The van der Waals surface area contributed by atoms with Gasteiger partial charge in [-0.25, -0.2) is 8.78 Å². The maximum Gasteiger partial charge on any atom is 0.259 e. The zero-order valence-corrected chi connectivity index (χ0v) is 11.0. The molecule has 0 aromatic carbocycles. The van der Waals surface area contributed by atoms with Gasteiger partial charge in [-0.2, -0.15) is 0 Å².